The van der Waals surface area contributed by atoms with Crippen molar-refractivity contribution in [3.63, 3.8) is 0 Å². The molecule has 1 heterocycles. The second-order valence-electron chi connectivity index (χ2n) is 6.64. The maximum atomic E-state index is 9.68. The largest absolute Gasteiger partial charge is 0.504 e. The fourth-order valence-corrected chi connectivity index (χ4v) is 2.80. The standard InChI is InChI=1S/C22H25N3O3/c1-15(2)28-18-6-4-5-17(14-18)19-10-12-24-22(25-19)23-11-9-16-7-8-20(26)21(13-16)27-3/h4-8,10,12-15,26H,9,11H2,1-3H3,(H,23,24,25). The van der Waals surface area contributed by atoms with E-state index >= 15 is 0 Å². The van der Waals surface area contributed by atoms with Crippen LogP contribution in [0.4, 0.5) is 5.95 Å². The number of nitrogens with one attached hydrogen (secondary N) is 1. The zero-order valence-electron chi connectivity index (χ0n) is 16.3. The predicted octanol–water partition coefficient (Wildman–Crippen LogP) is 4.30. The van der Waals surface area contributed by atoms with E-state index in [1.54, 1.807) is 12.3 Å². The molecule has 0 unspecified atom stereocenters. The van der Waals surface area contributed by atoms with Crippen LogP contribution in [0.5, 0.6) is 17.2 Å². The Bertz CT molecular complexity index is 928. The van der Waals surface area contributed by atoms with Crippen molar-refractivity contribution in [1.82, 2.24) is 9.97 Å². The molecule has 0 bridgehead atoms. The van der Waals surface area contributed by atoms with E-state index in [0.717, 1.165) is 29.0 Å². The Balaban J connectivity index is 1.65. The number of benzene rings is 2. The molecule has 1 aromatic heterocycles. The number of rotatable bonds is 8. The Morgan fingerprint density at radius 1 is 1.11 bits per heavy atom. The Morgan fingerprint density at radius 3 is 2.75 bits per heavy atom. The van der Waals surface area contributed by atoms with Crippen molar-refractivity contribution in [3.05, 3.63) is 60.3 Å². The molecule has 6 nitrogen and oxygen atoms in total. The van der Waals surface area contributed by atoms with Crippen LogP contribution < -0.4 is 14.8 Å². The van der Waals surface area contributed by atoms with Crippen LogP contribution in [0.1, 0.15) is 19.4 Å². The summed E-state index contributed by atoms with van der Waals surface area (Å²) >= 11 is 0. The monoisotopic (exact) mass is 379 g/mol. The number of nitrogens with zero attached hydrogens (tertiary/aromatic N) is 2. The summed E-state index contributed by atoms with van der Waals surface area (Å²) in [6.07, 6.45) is 2.61. The first-order chi connectivity index (χ1) is 13.5. The van der Waals surface area contributed by atoms with E-state index in [9.17, 15) is 5.11 Å². The van der Waals surface area contributed by atoms with Gasteiger partial charge in [0.1, 0.15) is 5.75 Å². The van der Waals surface area contributed by atoms with Crippen LogP contribution in [0.25, 0.3) is 11.3 Å². The zero-order chi connectivity index (χ0) is 19.9. The molecule has 3 aromatic rings. The molecule has 0 aliphatic carbocycles. The first-order valence-electron chi connectivity index (χ1n) is 9.25. The minimum atomic E-state index is 0.122. The van der Waals surface area contributed by atoms with Gasteiger partial charge in [-0.3, -0.25) is 0 Å². The molecule has 0 saturated carbocycles. The zero-order valence-corrected chi connectivity index (χ0v) is 16.3. The van der Waals surface area contributed by atoms with Gasteiger partial charge in [0.25, 0.3) is 0 Å². The molecular formula is C22H25N3O3. The topological polar surface area (TPSA) is 76.5 Å². The Hall–Kier alpha value is -3.28. The molecule has 0 fully saturated rings. The molecule has 28 heavy (non-hydrogen) atoms. The fourth-order valence-electron chi connectivity index (χ4n) is 2.80. The van der Waals surface area contributed by atoms with E-state index in [1.807, 2.05) is 56.3 Å². The number of methoxy groups -OCH3 is 1. The lowest BCUT2D eigenvalue weighted by Crippen LogP contribution is -2.08. The number of anilines is 1. The fraction of sp³-hybridized carbons (Fsp3) is 0.273. The van der Waals surface area contributed by atoms with E-state index in [1.165, 1.54) is 7.11 Å². The van der Waals surface area contributed by atoms with Crippen molar-refractivity contribution in [2.24, 2.45) is 0 Å². The SMILES string of the molecule is COc1cc(CCNc2nccc(-c3cccc(OC(C)C)c3)n2)ccc1O. The average molecular weight is 379 g/mol. The van der Waals surface area contributed by atoms with Crippen molar-refractivity contribution >= 4 is 5.95 Å². The van der Waals surface area contributed by atoms with Crippen LogP contribution in [0.15, 0.2) is 54.7 Å². The minimum absolute atomic E-state index is 0.122. The van der Waals surface area contributed by atoms with Crippen molar-refractivity contribution in [2.45, 2.75) is 26.4 Å². The Labute approximate surface area is 165 Å². The molecule has 3 rings (SSSR count). The van der Waals surface area contributed by atoms with Gasteiger partial charge in [0.2, 0.25) is 5.95 Å². The summed E-state index contributed by atoms with van der Waals surface area (Å²) in [6.45, 7) is 4.67. The maximum absolute atomic E-state index is 9.68. The predicted molar refractivity (Wildman–Crippen MR) is 110 cm³/mol. The van der Waals surface area contributed by atoms with Gasteiger partial charge in [0, 0.05) is 18.3 Å². The van der Waals surface area contributed by atoms with Crippen molar-refractivity contribution in [2.75, 3.05) is 19.0 Å². The number of phenolic OH excluding ortho intramolecular Hbond substituents is 1. The highest BCUT2D eigenvalue weighted by atomic mass is 16.5. The molecule has 2 aromatic carbocycles. The summed E-state index contributed by atoms with van der Waals surface area (Å²) in [7, 11) is 1.54. The van der Waals surface area contributed by atoms with E-state index in [4.69, 9.17) is 9.47 Å². The van der Waals surface area contributed by atoms with E-state index in [-0.39, 0.29) is 11.9 Å². The van der Waals surface area contributed by atoms with Gasteiger partial charge in [-0.25, -0.2) is 9.97 Å². The smallest absolute Gasteiger partial charge is 0.223 e. The molecule has 0 aliphatic heterocycles. The molecule has 6 heteroatoms. The number of aromatic hydroxyl groups is 1. The molecule has 0 radical (unpaired) electrons. The highest BCUT2D eigenvalue weighted by Gasteiger charge is 2.06. The summed E-state index contributed by atoms with van der Waals surface area (Å²) in [4.78, 5) is 8.90. The molecule has 0 aliphatic rings. The highest BCUT2D eigenvalue weighted by molar-refractivity contribution is 5.62. The van der Waals surface area contributed by atoms with Gasteiger partial charge in [-0.15, -0.1) is 0 Å². The average Bonchev–Trinajstić information content (AvgIpc) is 2.69. The number of phenols is 1. The summed E-state index contributed by atoms with van der Waals surface area (Å²) in [5.41, 5.74) is 2.86. The number of hydrogen-bond donors (Lipinski definition) is 2. The maximum Gasteiger partial charge on any atom is 0.223 e. The third-order valence-electron chi connectivity index (χ3n) is 4.10. The van der Waals surface area contributed by atoms with Crippen LogP contribution in [0.3, 0.4) is 0 Å². The molecule has 2 N–H and O–H groups in total. The van der Waals surface area contributed by atoms with Gasteiger partial charge < -0.3 is 19.9 Å². The Morgan fingerprint density at radius 2 is 1.96 bits per heavy atom. The number of ether oxygens (including phenoxy) is 2. The Kier molecular flexibility index (Phi) is 6.32. The van der Waals surface area contributed by atoms with Crippen LogP contribution in [-0.2, 0) is 6.42 Å². The van der Waals surface area contributed by atoms with Crippen LogP contribution in [-0.4, -0.2) is 34.8 Å². The molecular weight excluding hydrogens is 354 g/mol. The van der Waals surface area contributed by atoms with Crippen molar-refractivity contribution < 1.29 is 14.6 Å². The first-order valence-corrected chi connectivity index (χ1v) is 9.25. The van der Waals surface area contributed by atoms with Crippen LogP contribution in [0.2, 0.25) is 0 Å². The quantitative estimate of drug-likeness (QED) is 0.608. The number of aromatic nitrogens is 2. The highest BCUT2D eigenvalue weighted by Crippen LogP contribution is 2.26. The molecule has 0 amide bonds. The summed E-state index contributed by atoms with van der Waals surface area (Å²) in [6, 6.07) is 15.1. The lowest BCUT2D eigenvalue weighted by molar-refractivity contribution is 0.242. The van der Waals surface area contributed by atoms with Gasteiger partial charge in [0.15, 0.2) is 11.5 Å². The molecule has 0 saturated heterocycles. The summed E-state index contributed by atoms with van der Waals surface area (Å²) in [5, 5.41) is 12.9. The van der Waals surface area contributed by atoms with E-state index in [0.29, 0.717) is 18.2 Å². The first kappa shape index (κ1) is 19.5. The van der Waals surface area contributed by atoms with Crippen LogP contribution >= 0.6 is 0 Å². The molecule has 0 spiro atoms. The summed E-state index contributed by atoms with van der Waals surface area (Å²) < 4.78 is 10.9. The second-order valence-corrected chi connectivity index (χ2v) is 6.64. The lowest BCUT2D eigenvalue weighted by Gasteiger charge is -2.11. The van der Waals surface area contributed by atoms with Crippen molar-refractivity contribution in [3.8, 4) is 28.5 Å². The van der Waals surface area contributed by atoms with Crippen LogP contribution in [0, 0.1) is 0 Å². The summed E-state index contributed by atoms with van der Waals surface area (Å²) in [5.74, 6) is 2.00. The van der Waals surface area contributed by atoms with Crippen molar-refractivity contribution in [1.29, 1.82) is 0 Å². The van der Waals surface area contributed by atoms with Gasteiger partial charge in [-0.1, -0.05) is 18.2 Å². The molecule has 146 valence electrons. The van der Waals surface area contributed by atoms with Gasteiger partial charge in [-0.05, 0) is 56.2 Å². The minimum Gasteiger partial charge on any atom is -0.504 e. The van der Waals surface area contributed by atoms with E-state index < -0.39 is 0 Å². The normalized spacial score (nSPS) is 10.7. The third kappa shape index (κ3) is 5.13. The number of hydrogen-bond acceptors (Lipinski definition) is 6. The van der Waals surface area contributed by atoms with Gasteiger partial charge in [0.05, 0.1) is 18.9 Å². The van der Waals surface area contributed by atoms with E-state index in [2.05, 4.69) is 15.3 Å². The lowest BCUT2D eigenvalue weighted by atomic mass is 10.1. The third-order valence-corrected chi connectivity index (χ3v) is 4.10. The van der Waals surface area contributed by atoms with Gasteiger partial charge in [-0.2, -0.15) is 0 Å². The van der Waals surface area contributed by atoms with Gasteiger partial charge >= 0.3 is 0 Å². The second kappa shape index (κ2) is 9.08. The molecule has 0 atom stereocenters.